The molecule has 3 rings (SSSR count). The number of aryl methyl sites for hydroxylation is 1. The molecule has 1 aliphatic heterocycles. The topological polar surface area (TPSA) is 71.4 Å². The molecule has 1 aromatic rings. The van der Waals surface area contributed by atoms with Crippen LogP contribution < -0.4 is 10.9 Å². The van der Waals surface area contributed by atoms with E-state index in [-0.39, 0.29) is 29.0 Å². The number of anilines is 1. The summed E-state index contributed by atoms with van der Waals surface area (Å²) in [4.78, 5) is 38.6. The SMILES string of the molecule is Cn1cc(C(=O)N2CCCCCC2)cc(NC(=O)C2CC2)c1=O. The van der Waals surface area contributed by atoms with Crippen molar-refractivity contribution in [2.75, 3.05) is 18.4 Å². The van der Waals surface area contributed by atoms with Gasteiger partial charge in [-0.25, -0.2) is 0 Å². The summed E-state index contributed by atoms with van der Waals surface area (Å²) in [5.74, 6) is -0.171. The van der Waals surface area contributed by atoms with Gasteiger partial charge in [0.25, 0.3) is 11.5 Å². The number of hydrogen-bond acceptors (Lipinski definition) is 3. The monoisotopic (exact) mass is 317 g/mol. The van der Waals surface area contributed by atoms with E-state index < -0.39 is 0 Å². The molecule has 1 aliphatic carbocycles. The zero-order valence-electron chi connectivity index (χ0n) is 13.5. The lowest BCUT2D eigenvalue weighted by Gasteiger charge is -2.21. The fourth-order valence-electron chi connectivity index (χ4n) is 2.95. The van der Waals surface area contributed by atoms with Gasteiger partial charge in [0.05, 0.1) is 5.56 Å². The molecule has 1 N–H and O–H groups in total. The maximum Gasteiger partial charge on any atom is 0.274 e. The predicted octanol–water partition coefficient (Wildman–Crippen LogP) is 1.75. The van der Waals surface area contributed by atoms with Crippen molar-refractivity contribution >= 4 is 17.5 Å². The average molecular weight is 317 g/mol. The standard InChI is InChI=1S/C17H23N3O3/c1-19-11-13(16(22)20-8-4-2-3-5-9-20)10-14(17(19)23)18-15(21)12-6-7-12/h10-12H,2-9H2,1H3,(H,18,21). The van der Waals surface area contributed by atoms with Gasteiger partial charge in [-0.1, -0.05) is 12.8 Å². The van der Waals surface area contributed by atoms with Crippen molar-refractivity contribution in [3.63, 3.8) is 0 Å². The van der Waals surface area contributed by atoms with Crippen LogP contribution in [0.5, 0.6) is 0 Å². The zero-order valence-corrected chi connectivity index (χ0v) is 13.5. The highest BCUT2D eigenvalue weighted by Gasteiger charge is 2.30. The van der Waals surface area contributed by atoms with Crippen LogP contribution in [0.3, 0.4) is 0 Å². The number of amides is 2. The Hall–Kier alpha value is -2.11. The number of carbonyl (C=O) groups excluding carboxylic acids is 2. The molecule has 0 aromatic carbocycles. The summed E-state index contributed by atoms with van der Waals surface area (Å²) in [6, 6.07) is 1.52. The van der Waals surface area contributed by atoms with Crippen molar-refractivity contribution in [1.82, 2.24) is 9.47 Å². The first-order chi connectivity index (χ1) is 11.1. The van der Waals surface area contributed by atoms with Gasteiger partial charge in [0.2, 0.25) is 5.91 Å². The summed E-state index contributed by atoms with van der Waals surface area (Å²) < 4.78 is 1.37. The molecule has 23 heavy (non-hydrogen) atoms. The van der Waals surface area contributed by atoms with Crippen LogP contribution in [0.1, 0.15) is 48.9 Å². The van der Waals surface area contributed by atoms with E-state index in [0.29, 0.717) is 5.56 Å². The van der Waals surface area contributed by atoms with Gasteiger partial charge >= 0.3 is 0 Å². The molecule has 1 saturated heterocycles. The average Bonchev–Trinajstić information content (AvgIpc) is 3.37. The van der Waals surface area contributed by atoms with Gasteiger partial charge in [0.1, 0.15) is 5.69 Å². The maximum atomic E-state index is 12.7. The van der Waals surface area contributed by atoms with Crippen LogP contribution >= 0.6 is 0 Å². The molecular formula is C17H23N3O3. The maximum absolute atomic E-state index is 12.7. The molecular weight excluding hydrogens is 294 g/mol. The Bertz CT molecular complexity index is 668. The number of hydrogen-bond donors (Lipinski definition) is 1. The first-order valence-electron chi connectivity index (χ1n) is 8.37. The van der Waals surface area contributed by atoms with Gasteiger partial charge in [0, 0.05) is 32.3 Å². The minimum absolute atomic E-state index is 0.0182. The van der Waals surface area contributed by atoms with Crippen LogP contribution in [0.25, 0.3) is 0 Å². The van der Waals surface area contributed by atoms with Crippen molar-refractivity contribution in [3.8, 4) is 0 Å². The Morgan fingerprint density at radius 3 is 2.39 bits per heavy atom. The lowest BCUT2D eigenvalue weighted by molar-refractivity contribution is -0.117. The van der Waals surface area contributed by atoms with Crippen LogP contribution in [-0.2, 0) is 11.8 Å². The molecule has 2 heterocycles. The van der Waals surface area contributed by atoms with Crippen LogP contribution in [0, 0.1) is 5.92 Å². The van der Waals surface area contributed by atoms with E-state index >= 15 is 0 Å². The number of carbonyl (C=O) groups is 2. The second-order valence-electron chi connectivity index (χ2n) is 6.53. The Morgan fingerprint density at radius 2 is 1.78 bits per heavy atom. The van der Waals surface area contributed by atoms with Gasteiger partial charge in [-0.2, -0.15) is 0 Å². The van der Waals surface area contributed by atoms with E-state index in [1.54, 1.807) is 13.2 Å². The van der Waals surface area contributed by atoms with Gasteiger partial charge in [-0.3, -0.25) is 14.4 Å². The van der Waals surface area contributed by atoms with E-state index in [9.17, 15) is 14.4 Å². The summed E-state index contributed by atoms with van der Waals surface area (Å²) in [7, 11) is 1.61. The Labute approximate surface area is 135 Å². The van der Waals surface area contributed by atoms with Crippen LogP contribution in [-0.4, -0.2) is 34.4 Å². The number of pyridine rings is 1. The van der Waals surface area contributed by atoms with Crippen LogP contribution in [0.4, 0.5) is 5.69 Å². The van der Waals surface area contributed by atoms with Gasteiger partial charge in [0.15, 0.2) is 0 Å². The number of aromatic nitrogens is 1. The third kappa shape index (κ3) is 3.63. The fourth-order valence-corrected chi connectivity index (χ4v) is 2.95. The third-order valence-corrected chi connectivity index (χ3v) is 4.53. The molecule has 0 spiro atoms. The summed E-state index contributed by atoms with van der Waals surface area (Å²) in [6.07, 6.45) is 7.64. The second kappa shape index (κ2) is 6.56. The Kier molecular flexibility index (Phi) is 4.50. The van der Waals surface area contributed by atoms with Crippen molar-refractivity contribution < 1.29 is 9.59 Å². The second-order valence-corrected chi connectivity index (χ2v) is 6.53. The number of likely N-dealkylation sites (tertiary alicyclic amines) is 1. The summed E-state index contributed by atoms with van der Waals surface area (Å²) in [5.41, 5.74) is 0.372. The fraction of sp³-hybridized carbons (Fsp3) is 0.588. The molecule has 124 valence electrons. The van der Waals surface area contributed by atoms with E-state index in [4.69, 9.17) is 0 Å². The third-order valence-electron chi connectivity index (χ3n) is 4.53. The smallest absolute Gasteiger partial charge is 0.274 e. The highest BCUT2D eigenvalue weighted by atomic mass is 16.2. The van der Waals surface area contributed by atoms with Crippen molar-refractivity contribution in [2.24, 2.45) is 13.0 Å². The first-order valence-corrected chi connectivity index (χ1v) is 8.37. The Morgan fingerprint density at radius 1 is 1.13 bits per heavy atom. The van der Waals surface area contributed by atoms with E-state index in [0.717, 1.165) is 51.6 Å². The number of nitrogens with zero attached hydrogens (tertiary/aromatic N) is 2. The van der Waals surface area contributed by atoms with Gasteiger partial charge in [-0.15, -0.1) is 0 Å². The molecule has 1 aromatic heterocycles. The lowest BCUT2D eigenvalue weighted by Crippen LogP contribution is -2.33. The van der Waals surface area contributed by atoms with Crippen molar-refractivity contribution in [1.29, 1.82) is 0 Å². The molecule has 0 atom stereocenters. The van der Waals surface area contributed by atoms with Crippen LogP contribution in [0.15, 0.2) is 17.1 Å². The molecule has 0 unspecified atom stereocenters. The zero-order chi connectivity index (χ0) is 16.4. The van der Waals surface area contributed by atoms with E-state index in [2.05, 4.69) is 5.32 Å². The van der Waals surface area contributed by atoms with Crippen LogP contribution in [0.2, 0.25) is 0 Å². The first kappa shape index (κ1) is 15.8. The summed E-state index contributed by atoms with van der Waals surface area (Å²) in [5, 5.41) is 2.68. The highest BCUT2D eigenvalue weighted by Crippen LogP contribution is 2.29. The van der Waals surface area contributed by atoms with Crippen molar-refractivity contribution in [3.05, 3.63) is 28.2 Å². The largest absolute Gasteiger partial charge is 0.339 e. The van der Waals surface area contributed by atoms with E-state index in [1.807, 2.05) is 4.90 Å². The quantitative estimate of drug-likeness (QED) is 0.923. The molecule has 1 saturated carbocycles. The minimum atomic E-state index is -0.286. The minimum Gasteiger partial charge on any atom is -0.339 e. The summed E-state index contributed by atoms with van der Waals surface area (Å²) in [6.45, 7) is 1.51. The van der Waals surface area contributed by atoms with Gasteiger partial charge < -0.3 is 14.8 Å². The molecule has 0 radical (unpaired) electrons. The van der Waals surface area contributed by atoms with Gasteiger partial charge in [-0.05, 0) is 31.7 Å². The Balaban J connectivity index is 1.83. The molecule has 6 heteroatoms. The normalized spacial score (nSPS) is 18.4. The lowest BCUT2D eigenvalue weighted by atomic mass is 10.2. The van der Waals surface area contributed by atoms with Crippen molar-refractivity contribution in [2.45, 2.75) is 38.5 Å². The molecule has 2 fully saturated rings. The molecule has 0 bridgehead atoms. The predicted molar refractivity (Wildman–Crippen MR) is 87.4 cm³/mol. The molecule has 2 amide bonds. The summed E-state index contributed by atoms with van der Waals surface area (Å²) >= 11 is 0. The number of nitrogens with one attached hydrogen (secondary N) is 1. The highest BCUT2D eigenvalue weighted by molar-refractivity contribution is 5.97. The molecule has 2 aliphatic rings. The molecule has 6 nitrogen and oxygen atoms in total. The number of rotatable bonds is 3. The van der Waals surface area contributed by atoms with E-state index in [1.165, 1.54) is 10.6 Å².